The Labute approximate surface area is 109 Å². The van der Waals surface area contributed by atoms with Crippen LogP contribution < -0.4 is 0 Å². The first kappa shape index (κ1) is 16.7. The lowest BCUT2D eigenvalue weighted by molar-refractivity contribution is 1.62. The molecule has 0 aliphatic rings. The molecular formula is C12H13Cl3. The van der Waals surface area contributed by atoms with E-state index in [4.69, 9.17) is 0 Å². The van der Waals surface area contributed by atoms with Crippen molar-refractivity contribution in [1.82, 2.24) is 0 Å². The van der Waals surface area contributed by atoms with E-state index >= 15 is 0 Å². The quantitative estimate of drug-likeness (QED) is 0.704. The zero-order chi connectivity index (χ0) is 8.23. The molecule has 0 aromatic heterocycles. The summed E-state index contributed by atoms with van der Waals surface area (Å²) in [7, 11) is 0. The molecule has 0 nitrogen and oxygen atoms in total. The van der Waals surface area contributed by atoms with Crippen LogP contribution in [0.5, 0.6) is 0 Å². The topological polar surface area (TPSA) is 0 Å². The fourth-order valence-electron chi connectivity index (χ4n) is 1.26. The molecule has 0 saturated carbocycles. The van der Waals surface area contributed by atoms with Crippen LogP contribution in [0.4, 0.5) is 0 Å². The standard InChI is InChI=1S/C12H10.3ClH/c1-3-7-11(8-4-1)12-9-5-2-6-10-12;;;/h1-10H;3*1H. The molecule has 0 N–H and O–H groups in total. The van der Waals surface area contributed by atoms with Crippen LogP contribution in [0, 0.1) is 0 Å². The largest absolute Gasteiger partial charge is 0.147 e. The van der Waals surface area contributed by atoms with Crippen LogP contribution in [0.3, 0.4) is 0 Å². The Hall–Kier alpha value is -0.690. The Bertz CT molecular complexity index is 308. The molecule has 0 aliphatic carbocycles. The molecule has 15 heavy (non-hydrogen) atoms. The monoisotopic (exact) mass is 262 g/mol. The van der Waals surface area contributed by atoms with Gasteiger partial charge in [-0.2, -0.15) is 0 Å². The molecule has 0 saturated heterocycles. The van der Waals surface area contributed by atoms with E-state index in [1.54, 1.807) is 0 Å². The van der Waals surface area contributed by atoms with Crippen molar-refractivity contribution in [2.75, 3.05) is 0 Å². The molecule has 2 aromatic rings. The van der Waals surface area contributed by atoms with E-state index in [-0.39, 0.29) is 37.2 Å². The molecule has 0 atom stereocenters. The molecule has 0 amide bonds. The molecule has 0 spiro atoms. The molecule has 0 fully saturated rings. The van der Waals surface area contributed by atoms with Crippen molar-refractivity contribution < 1.29 is 0 Å². The van der Waals surface area contributed by atoms with Gasteiger partial charge in [0.05, 0.1) is 0 Å². The van der Waals surface area contributed by atoms with E-state index in [2.05, 4.69) is 48.5 Å². The highest BCUT2D eigenvalue weighted by Gasteiger charge is 1.91. The van der Waals surface area contributed by atoms with Gasteiger partial charge in [0.2, 0.25) is 0 Å². The van der Waals surface area contributed by atoms with Crippen molar-refractivity contribution in [3.05, 3.63) is 60.7 Å². The number of halogens is 3. The van der Waals surface area contributed by atoms with Crippen LogP contribution in [0.2, 0.25) is 0 Å². The van der Waals surface area contributed by atoms with Gasteiger partial charge in [-0.3, -0.25) is 0 Å². The normalized spacial score (nSPS) is 7.73. The molecule has 0 heterocycles. The number of rotatable bonds is 1. The third-order valence-electron chi connectivity index (χ3n) is 1.88. The Kier molecular flexibility index (Phi) is 9.60. The lowest BCUT2D eigenvalue weighted by Gasteiger charge is -1.98. The van der Waals surface area contributed by atoms with Crippen LogP contribution in [-0.4, -0.2) is 0 Å². The zero-order valence-electron chi connectivity index (χ0n) is 8.00. The van der Waals surface area contributed by atoms with Gasteiger partial charge in [0, 0.05) is 0 Å². The SMILES string of the molecule is Cl.Cl.Cl.c1ccc(-c2ccccc2)cc1. The van der Waals surface area contributed by atoms with Crippen LogP contribution in [0.25, 0.3) is 11.1 Å². The number of hydrogen-bond acceptors (Lipinski definition) is 0. The summed E-state index contributed by atoms with van der Waals surface area (Å²) < 4.78 is 0. The van der Waals surface area contributed by atoms with Gasteiger partial charge >= 0.3 is 0 Å². The van der Waals surface area contributed by atoms with Gasteiger partial charge in [-0.1, -0.05) is 60.7 Å². The minimum Gasteiger partial charge on any atom is -0.147 e. The minimum absolute atomic E-state index is 0. The Morgan fingerprint density at radius 2 is 0.667 bits per heavy atom. The van der Waals surface area contributed by atoms with Crippen molar-refractivity contribution in [3.63, 3.8) is 0 Å². The summed E-state index contributed by atoms with van der Waals surface area (Å²) in [5, 5.41) is 0. The third-order valence-corrected chi connectivity index (χ3v) is 1.88. The van der Waals surface area contributed by atoms with Gasteiger partial charge in [-0.15, -0.1) is 37.2 Å². The summed E-state index contributed by atoms with van der Waals surface area (Å²) in [5.74, 6) is 0. The van der Waals surface area contributed by atoms with Crippen molar-refractivity contribution in [2.24, 2.45) is 0 Å². The van der Waals surface area contributed by atoms with Crippen molar-refractivity contribution in [3.8, 4) is 11.1 Å². The molecule has 0 bridgehead atoms. The van der Waals surface area contributed by atoms with Crippen LogP contribution in [0.1, 0.15) is 0 Å². The Morgan fingerprint density at radius 3 is 0.933 bits per heavy atom. The molecule has 82 valence electrons. The smallest absolute Gasteiger partial charge is 0.0184 e. The molecular weight excluding hydrogens is 250 g/mol. The summed E-state index contributed by atoms with van der Waals surface area (Å²) in [4.78, 5) is 0. The highest BCUT2D eigenvalue weighted by atomic mass is 35.5. The summed E-state index contributed by atoms with van der Waals surface area (Å²) in [6.07, 6.45) is 0. The van der Waals surface area contributed by atoms with E-state index in [0.717, 1.165) is 0 Å². The van der Waals surface area contributed by atoms with Crippen LogP contribution in [-0.2, 0) is 0 Å². The van der Waals surface area contributed by atoms with Gasteiger partial charge in [-0.25, -0.2) is 0 Å². The molecule has 2 rings (SSSR count). The first-order valence-corrected chi connectivity index (χ1v) is 4.07. The van der Waals surface area contributed by atoms with Crippen molar-refractivity contribution >= 4 is 37.2 Å². The number of benzene rings is 2. The highest BCUT2D eigenvalue weighted by molar-refractivity contribution is 5.86. The first-order chi connectivity index (χ1) is 5.97. The van der Waals surface area contributed by atoms with E-state index in [0.29, 0.717) is 0 Å². The predicted molar refractivity (Wildman–Crippen MR) is 73.6 cm³/mol. The van der Waals surface area contributed by atoms with Gasteiger partial charge in [0.25, 0.3) is 0 Å². The predicted octanol–water partition coefficient (Wildman–Crippen LogP) is 4.62. The second-order valence-electron chi connectivity index (χ2n) is 2.73. The molecule has 0 aliphatic heterocycles. The molecule has 2 aromatic carbocycles. The van der Waals surface area contributed by atoms with Crippen molar-refractivity contribution in [1.29, 1.82) is 0 Å². The minimum atomic E-state index is 0. The first-order valence-electron chi connectivity index (χ1n) is 4.07. The fraction of sp³-hybridized carbons (Fsp3) is 0. The lowest BCUT2D eigenvalue weighted by atomic mass is 10.1. The lowest BCUT2D eigenvalue weighted by Crippen LogP contribution is -1.73. The molecule has 3 heteroatoms. The maximum Gasteiger partial charge on any atom is -0.0184 e. The Balaban J connectivity index is 0. The average molecular weight is 264 g/mol. The van der Waals surface area contributed by atoms with Gasteiger partial charge in [0.1, 0.15) is 0 Å². The maximum absolute atomic E-state index is 2.12. The summed E-state index contributed by atoms with van der Waals surface area (Å²) in [6, 6.07) is 20.8. The summed E-state index contributed by atoms with van der Waals surface area (Å²) in [5.41, 5.74) is 2.55. The van der Waals surface area contributed by atoms with E-state index in [1.807, 2.05) is 12.1 Å². The highest BCUT2D eigenvalue weighted by Crippen LogP contribution is 2.17. The average Bonchev–Trinajstić information content (AvgIpc) is 2.21. The van der Waals surface area contributed by atoms with E-state index < -0.39 is 0 Å². The zero-order valence-corrected chi connectivity index (χ0v) is 10.4. The maximum atomic E-state index is 2.12. The van der Waals surface area contributed by atoms with E-state index in [9.17, 15) is 0 Å². The molecule has 0 unspecified atom stereocenters. The van der Waals surface area contributed by atoms with E-state index in [1.165, 1.54) is 11.1 Å². The number of hydrogen-bond donors (Lipinski definition) is 0. The Morgan fingerprint density at radius 1 is 0.400 bits per heavy atom. The fourth-order valence-corrected chi connectivity index (χ4v) is 1.26. The van der Waals surface area contributed by atoms with Gasteiger partial charge < -0.3 is 0 Å². The summed E-state index contributed by atoms with van der Waals surface area (Å²) >= 11 is 0. The second kappa shape index (κ2) is 8.60. The third kappa shape index (κ3) is 4.57. The van der Waals surface area contributed by atoms with Crippen molar-refractivity contribution in [2.45, 2.75) is 0 Å². The van der Waals surface area contributed by atoms with Gasteiger partial charge in [0.15, 0.2) is 0 Å². The molecule has 0 radical (unpaired) electrons. The van der Waals surface area contributed by atoms with Crippen LogP contribution >= 0.6 is 37.2 Å². The second-order valence-corrected chi connectivity index (χ2v) is 2.73. The van der Waals surface area contributed by atoms with Crippen LogP contribution in [0.15, 0.2) is 60.7 Å². The summed E-state index contributed by atoms with van der Waals surface area (Å²) in [6.45, 7) is 0. The van der Waals surface area contributed by atoms with Gasteiger partial charge in [-0.05, 0) is 11.1 Å².